The number of thiophene rings is 1. The van der Waals surface area contributed by atoms with Gasteiger partial charge in [-0.1, -0.05) is 25.4 Å². The second-order valence-electron chi connectivity index (χ2n) is 3.77. The molecule has 1 unspecified atom stereocenters. The van der Waals surface area contributed by atoms with Gasteiger partial charge in [0.1, 0.15) is 6.10 Å². The van der Waals surface area contributed by atoms with Crippen LogP contribution in [-0.2, 0) is 9.53 Å². The highest BCUT2D eigenvalue weighted by atomic mass is 35.5. The van der Waals surface area contributed by atoms with E-state index in [1.54, 1.807) is 7.11 Å². The minimum Gasteiger partial charge on any atom is -0.374 e. The number of methoxy groups -OCH3 is 1. The molecule has 1 atom stereocenters. The Morgan fingerprint density at radius 2 is 2.25 bits per heavy atom. The molecule has 0 saturated carbocycles. The third-order valence-electron chi connectivity index (χ3n) is 2.18. The van der Waals surface area contributed by atoms with Crippen LogP contribution in [0.2, 0.25) is 4.34 Å². The van der Waals surface area contributed by atoms with Crippen LogP contribution in [-0.4, -0.2) is 19.6 Å². The van der Waals surface area contributed by atoms with E-state index in [0.29, 0.717) is 6.54 Å². The van der Waals surface area contributed by atoms with Crippen LogP contribution in [0.1, 0.15) is 24.8 Å². The summed E-state index contributed by atoms with van der Waals surface area (Å²) in [4.78, 5) is 12.4. The monoisotopic (exact) mass is 261 g/mol. The first-order valence-electron chi connectivity index (χ1n) is 5.10. The lowest BCUT2D eigenvalue weighted by molar-refractivity contribution is -0.124. The molecule has 0 aromatic carbocycles. The molecule has 0 bridgehead atoms. The summed E-state index contributed by atoms with van der Waals surface area (Å²) in [5.74, 6) is 0.0223. The Bertz CT molecular complexity index is 352. The second-order valence-corrected chi connectivity index (χ2v) is 5.51. The molecule has 0 aliphatic carbocycles. The first-order chi connectivity index (χ1) is 7.54. The van der Waals surface area contributed by atoms with Crippen molar-refractivity contribution in [2.24, 2.45) is 5.92 Å². The van der Waals surface area contributed by atoms with Crippen molar-refractivity contribution >= 4 is 28.8 Å². The number of hydrogen-bond acceptors (Lipinski definition) is 3. The molecule has 5 heteroatoms. The predicted octanol–water partition coefficient (Wildman–Crippen LogP) is 2.86. The molecular weight excluding hydrogens is 246 g/mol. The lowest BCUT2D eigenvalue weighted by atomic mass is 10.2. The lowest BCUT2D eigenvalue weighted by Crippen LogP contribution is -2.31. The number of carbonyl (C=O) groups is 1. The van der Waals surface area contributed by atoms with E-state index in [2.05, 4.69) is 5.32 Å². The van der Waals surface area contributed by atoms with Gasteiger partial charge < -0.3 is 10.1 Å². The maximum Gasteiger partial charge on any atom is 0.222 e. The topological polar surface area (TPSA) is 38.3 Å². The van der Waals surface area contributed by atoms with Crippen molar-refractivity contribution in [2.45, 2.75) is 20.0 Å². The number of rotatable bonds is 5. The number of carbonyl (C=O) groups excluding carboxylic acids is 1. The number of ether oxygens (including phenoxy) is 1. The van der Waals surface area contributed by atoms with E-state index in [0.717, 1.165) is 9.21 Å². The van der Waals surface area contributed by atoms with Gasteiger partial charge in [-0.2, -0.15) is 0 Å². The summed E-state index contributed by atoms with van der Waals surface area (Å²) in [5.41, 5.74) is 0. The Balaban J connectivity index is 2.53. The quantitative estimate of drug-likeness (QED) is 0.885. The van der Waals surface area contributed by atoms with Crippen molar-refractivity contribution in [2.75, 3.05) is 13.7 Å². The molecule has 1 N–H and O–H groups in total. The van der Waals surface area contributed by atoms with E-state index in [1.165, 1.54) is 11.3 Å². The Kier molecular flexibility index (Phi) is 5.25. The lowest BCUT2D eigenvalue weighted by Gasteiger charge is -2.15. The van der Waals surface area contributed by atoms with E-state index >= 15 is 0 Å². The van der Waals surface area contributed by atoms with E-state index in [9.17, 15) is 4.79 Å². The van der Waals surface area contributed by atoms with Crippen molar-refractivity contribution in [1.29, 1.82) is 0 Å². The van der Waals surface area contributed by atoms with Crippen LogP contribution in [0.25, 0.3) is 0 Å². The number of nitrogens with one attached hydrogen (secondary N) is 1. The van der Waals surface area contributed by atoms with Crippen molar-refractivity contribution in [3.05, 3.63) is 21.3 Å². The molecule has 0 aliphatic heterocycles. The van der Waals surface area contributed by atoms with Crippen molar-refractivity contribution in [3.8, 4) is 0 Å². The molecule has 90 valence electrons. The minimum atomic E-state index is -0.125. The average Bonchev–Trinajstić information content (AvgIpc) is 2.65. The molecule has 1 amide bonds. The Morgan fingerprint density at radius 3 is 2.69 bits per heavy atom. The molecule has 0 radical (unpaired) electrons. The van der Waals surface area contributed by atoms with Gasteiger partial charge in [0, 0.05) is 24.4 Å². The van der Waals surface area contributed by atoms with Crippen molar-refractivity contribution in [1.82, 2.24) is 5.32 Å². The molecule has 0 spiro atoms. The summed E-state index contributed by atoms with van der Waals surface area (Å²) in [5, 5.41) is 2.84. The summed E-state index contributed by atoms with van der Waals surface area (Å²) in [6.45, 7) is 4.20. The average molecular weight is 262 g/mol. The second kappa shape index (κ2) is 6.23. The van der Waals surface area contributed by atoms with Gasteiger partial charge >= 0.3 is 0 Å². The fraction of sp³-hybridized carbons (Fsp3) is 0.545. The smallest absolute Gasteiger partial charge is 0.222 e. The van der Waals surface area contributed by atoms with Gasteiger partial charge in [0.25, 0.3) is 0 Å². The fourth-order valence-corrected chi connectivity index (χ4v) is 2.34. The molecule has 1 aromatic heterocycles. The number of amides is 1. The van der Waals surface area contributed by atoms with E-state index in [1.807, 2.05) is 26.0 Å². The van der Waals surface area contributed by atoms with E-state index in [-0.39, 0.29) is 17.9 Å². The maximum atomic E-state index is 11.4. The highest BCUT2D eigenvalue weighted by Crippen LogP contribution is 2.28. The minimum absolute atomic E-state index is 0.00979. The molecule has 0 aliphatic rings. The van der Waals surface area contributed by atoms with Gasteiger partial charge in [-0.25, -0.2) is 0 Å². The van der Waals surface area contributed by atoms with Gasteiger partial charge in [-0.3, -0.25) is 4.79 Å². The predicted molar refractivity (Wildman–Crippen MR) is 66.9 cm³/mol. The summed E-state index contributed by atoms with van der Waals surface area (Å²) in [6, 6.07) is 3.75. The van der Waals surface area contributed by atoms with Crippen LogP contribution in [0.3, 0.4) is 0 Å². The number of halogens is 1. The van der Waals surface area contributed by atoms with Gasteiger partial charge in [-0.15, -0.1) is 11.3 Å². The number of hydrogen-bond donors (Lipinski definition) is 1. The van der Waals surface area contributed by atoms with Crippen molar-refractivity contribution < 1.29 is 9.53 Å². The molecule has 1 aromatic rings. The largest absolute Gasteiger partial charge is 0.374 e. The summed E-state index contributed by atoms with van der Waals surface area (Å²) in [7, 11) is 1.62. The van der Waals surface area contributed by atoms with Gasteiger partial charge in [0.15, 0.2) is 0 Å². The summed E-state index contributed by atoms with van der Waals surface area (Å²) in [6.07, 6.45) is -0.125. The third kappa shape index (κ3) is 3.77. The molecule has 3 nitrogen and oxygen atoms in total. The van der Waals surface area contributed by atoms with Crippen LogP contribution in [0, 0.1) is 5.92 Å². The SMILES string of the molecule is COC(CNC(=O)C(C)C)c1ccc(Cl)s1. The van der Waals surface area contributed by atoms with Crippen LogP contribution in [0.5, 0.6) is 0 Å². The maximum absolute atomic E-state index is 11.4. The van der Waals surface area contributed by atoms with E-state index < -0.39 is 0 Å². The fourth-order valence-electron chi connectivity index (χ4n) is 1.20. The van der Waals surface area contributed by atoms with Crippen LogP contribution < -0.4 is 5.32 Å². The molecule has 1 heterocycles. The molecule has 16 heavy (non-hydrogen) atoms. The van der Waals surface area contributed by atoms with Gasteiger partial charge in [-0.05, 0) is 12.1 Å². The first kappa shape index (κ1) is 13.5. The standard InChI is InChI=1S/C11H16ClNO2S/c1-7(2)11(14)13-6-8(15-3)9-4-5-10(12)16-9/h4-5,7-8H,6H2,1-3H3,(H,13,14). The molecule has 0 saturated heterocycles. The highest BCUT2D eigenvalue weighted by molar-refractivity contribution is 7.16. The molecular formula is C11H16ClNO2S. The molecule has 0 fully saturated rings. The normalized spacial score (nSPS) is 12.8. The van der Waals surface area contributed by atoms with Crippen LogP contribution >= 0.6 is 22.9 Å². The summed E-state index contributed by atoms with van der Waals surface area (Å²) < 4.78 is 6.05. The Hall–Kier alpha value is -0.580. The van der Waals surface area contributed by atoms with E-state index in [4.69, 9.17) is 16.3 Å². The van der Waals surface area contributed by atoms with Gasteiger partial charge in [0.05, 0.1) is 4.34 Å². The van der Waals surface area contributed by atoms with Gasteiger partial charge in [0.2, 0.25) is 5.91 Å². The van der Waals surface area contributed by atoms with Crippen LogP contribution in [0.15, 0.2) is 12.1 Å². The third-order valence-corrected chi connectivity index (χ3v) is 3.51. The first-order valence-corrected chi connectivity index (χ1v) is 6.29. The Labute approximate surface area is 105 Å². The zero-order valence-electron chi connectivity index (χ0n) is 9.62. The van der Waals surface area contributed by atoms with Crippen molar-refractivity contribution in [3.63, 3.8) is 0 Å². The highest BCUT2D eigenvalue weighted by Gasteiger charge is 2.15. The zero-order valence-corrected chi connectivity index (χ0v) is 11.2. The molecule has 1 rings (SSSR count). The van der Waals surface area contributed by atoms with Crippen LogP contribution in [0.4, 0.5) is 0 Å². The Morgan fingerprint density at radius 1 is 1.56 bits per heavy atom. The summed E-state index contributed by atoms with van der Waals surface area (Å²) >= 11 is 7.32. The zero-order chi connectivity index (χ0) is 12.1.